The molecule has 1 saturated heterocycles. The molecule has 0 amide bonds. The highest BCUT2D eigenvalue weighted by Crippen LogP contribution is 2.29. The summed E-state index contributed by atoms with van der Waals surface area (Å²) in [7, 11) is 0. The van der Waals surface area contributed by atoms with E-state index in [2.05, 4.69) is 20.5 Å². The molecule has 2 fully saturated rings. The van der Waals surface area contributed by atoms with Gasteiger partial charge >= 0.3 is 0 Å². The molecule has 5 nitrogen and oxygen atoms in total. The van der Waals surface area contributed by atoms with E-state index in [9.17, 15) is 0 Å². The van der Waals surface area contributed by atoms with E-state index in [-0.39, 0.29) is 0 Å². The molecule has 1 aromatic heterocycles. The number of hydrogen-bond acceptors (Lipinski definition) is 4. The molecule has 1 unspecified atom stereocenters. The maximum atomic E-state index is 3.95. The summed E-state index contributed by atoms with van der Waals surface area (Å²) < 4.78 is 1.88. The number of aromatic nitrogens is 3. The van der Waals surface area contributed by atoms with Gasteiger partial charge in [-0.2, -0.15) is 0 Å². The van der Waals surface area contributed by atoms with Crippen LogP contribution in [0.4, 0.5) is 0 Å². The van der Waals surface area contributed by atoms with Crippen LogP contribution < -0.4 is 5.32 Å². The zero-order valence-corrected chi connectivity index (χ0v) is 9.55. The third-order valence-electron chi connectivity index (χ3n) is 3.53. The quantitative estimate of drug-likeness (QED) is 0.766. The van der Waals surface area contributed by atoms with Crippen LogP contribution in [-0.4, -0.2) is 51.6 Å². The molecule has 1 aliphatic carbocycles. The van der Waals surface area contributed by atoms with Crippen molar-refractivity contribution in [3.8, 4) is 0 Å². The van der Waals surface area contributed by atoms with Gasteiger partial charge in [-0.05, 0) is 19.3 Å². The van der Waals surface area contributed by atoms with E-state index in [4.69, 9.17) is 0 Å². The first-order valence-corrected chi connectivity index (χ1v) is 6.23. The molecule has 1 atom stereocenters. The van der Waals surface area contributed by atoms with Gasteiger partial charge in [0.05, 0.1) is 12.7 Å². The predicted octanol–water partition coefficient (Wildman–Crippen LogP) is 0.104. The minimum Gasteiger partial charge on any atom is -0.311 e. The number of rotatable bonds is 5. The summed E-state index contributed by atoms with van der Waals surface area (Å²) in [5.74, 6) is 0. The summed E-state index contributed by atoms with van der Waals surface area (Å²) in [4.78, 5) is 2.63. The van der Waals surface area contributed by atoms with Crippen molar-refractivity contribution in [3.63, 3.8) is 0 Å². The molecule has 0 bridgehead atoms. The molecule has 16 heavy (non-hydrogen) atoms. The van der Waals surface area contributed by atoms with Crippen molar-refractivity contribution in [2.45, 2.75) is 37.9 Å². The average molecular weight is 221 g/mol. The van der Waals surface area contributed by atoms with Gasteiger partial charge in [-0.15, -0.1) is 5.10 Å². The molecule has 1 saturated carbocycles. The number of hydrogen-bond donors (Lipinski definition) is 1. The lowest BCUT2D eigenvalue weighted by Gasteiger charge is -2.15. The molecular formula is C11H19N5. The molecule has 1 aromatic rings. The summed E-state index contributed by atoms with van der Waals surface area (Å²) >= 11 is 0. The van der Waals surface area contributed by atoms with Crippen molar-refractivity contribution >= 4 is 0 Å². The second-order valence-corrected chi connectivity index (χ2v) is 4.83. The van der Waals surface area contributed by atoms with Crippen molar-refractivity contribution < 1.29 is 0 Å². The Hall–Kier alpha value is -0.940. The van der Waals surface area contributed by atoms with E-state index in [0.717, 1.165) is 19.1 Å². The highest BCUT2D eigenvalue weighted by atomic mass is 15.4. The third-order valence-corrected chi connectivity index (χ3v) is 3.53. The molecule has 2 aliphatic rings. The Morgan fingerprint density at radius 3 is 3.00 bits per heavy atom. The second kappa shape index (κ2) is 4.51. The second-order valence-electron chi connectivity index (χ2n) is 4.83. The number of nitrogens with one attached hydrogen (secondary N) is 1. The SMILES string of the molecule is c1cn(CCNC2CCN(C3CC3)C2)nn1. The molecule has 0 aromatic carbocycles. The first-order valence-electron chi connectivity index (χ1n) is 6.23. The lowest BCUT2D eigenvalue weighted by molar-refractivity contribution is 0.316. The monoisotopic (exact) mass is 221 g/mol. The summed E-state index contributed by atoms with van der Waals surface area (Å²) in [6, 6.07) is 1.60. The molecule has 3 rings (SSSR count). The Morgan fingerprint density at radius 1 is 1.31 bits per heavy atom. The Morgan fingerprint density at radius 2 is 2.25 bits per heavy atom. The fourth-order valence-corrected chi connectivity index (χ4v) is 2.46. The average Bonchev–Trinajstić information content (AvgIpc) is 2.83. The van der Waals surface area contributed by atoms with Crippen LogP contribution in [0.15, 0.2) is 12.4 Å². The summed E-state index contributed by atoms with van der Waals surface area (Å²) in [6.07, 6.45) is 7.78. The minimum atomic E-state index is 0.684. The van der Waals surface area contributed by atoms with E-state index >= 15 is 0 Å². The molecule has 1 N–H and O–H groups in total. The van der Waals surface area contributed by atoms with E-state index in [1.807, 2.05) is 10.9 Å². The van der Waals surface area contributed by atoms with Crippen LogP contribution in [0.3, 0.4) is 0 Å². The molecular weight excluding hydrogens is 202 g/mol. The maximum Gasteiger partial charge on any atom is 0.0692 e. The standard InChI is InChI=1S/C11H19N5/c1-2-11(1)15-6-3-10(9-15)12-4-7-16-8-5-13-14-16/h5,8,10-12H,1-4,6-7,9H2. The van der Waals surface area contributed by atoms with Crippen LogP contribution in [0.1, 0.15) is 19.3 Å². The van der Waals surface area contributed by atoms with Gasteiger partial charge in [0.1, 0.15) is 0 Å². The van der Waals surface area contributed by atoms with Crippen molar-refractivity contribution in [3.05, 3.63) is 12.4 Å². The van der Waals surface area contributed by atoms with Crippen molar-refractivity contribution in [2.75, 3.05) is 19.6 Å². The Bertz CT molecular complexity index is 319. The zero-order chi connectivity index (χ0) is 10.8. The molecule has 2 heterocycles. The molecule has 5 heteroatoms. The lowest BCUT2D eigenvalue weighted by atomic mass is 10.2. The van der Waals surface area contributed by atoms with Gasteiger partial charge in [0, 0.05) is 37.9 Å². The molecule has 0 spiro atoms. The van der Waals surface area contributed by atoms with Gasteiger partial charge in [0.2, 0.25) is 0 Å². The van der Waals surface area contributed by atoms with Crippen LogP contribution in [0.5, 0.6) is 0 Å². The molecule has 88 valence electrons. The van der Waals surface area contributed by atoms with E-state index in [1.54, 1.807) is 6.20 Å². The van der Waals surface area contributed by atoms with E-state index in [0.29, 0.717) is 6.04 Å². The summed E-state index contributed by atoms with van der Waals surface area (Å²) in [6.45, 7) is 4.43. The Kier molecular flexibility index (Phi) is 2.88. The fraction of sp³-hybridized carbons (Fsp3) is 0.818. The minimum absolute atomic E-state index is 0.684. The van der Waals surface area contributed by atoms with Crippen LogP contribution in [0.25, 0.3) is 0 Å². The van der Waals surface area contributed by atoms with Gasteiger partial charge in [-0.25, -0.2) is 0 Å². The highest BCUT2D eigenvalue weighted by molar-refractivity contribution is 4.91. The zero-order valence-electron chi connectivity index (χ0n) is 9.55. The maximum absolute atomic E-state index is 3.95. The number of nitrogens with zero attached hydrogens (tertiary/aromatic N) is 4. The summed E-state index contributed by atoms with van der Waals surface area (Å²) in [5.41, 5.74) is 0. The van der Waals surface area contributed by atoms with Gasteiger partial charge in [-0.3, -0.25) is 9.58 Å². The van der Waals surface area contributed by atoms with Crippen LogP contribution >= 0.6 is 0 Å². The normalized spacial score (nSPS) is 26.4. The van der Waals surface area contributed by atoms with Gasteiger partial charge < -0.3 is 5.32 Å². The predicted molar refractivity (Wildman–Crippen MR) is 61.0 cm³/mol. The van der Waals surface area contributed by atoms with Gasteiger partial charge in [-0.1, -0.05) is 5.21 Å². The largest absolute Gasteiger partial charge is 0.311 e. The smallest absolute Gasteiger partial charge is 0.0692 e. The third kappa shape index (κ3) is 2.41. The van der Waals surface area contributed by atoms with Crippen LogP contribution in [-0.2, 0) is 6.54 Å². The molecule has 1 aliphatic heterocycles. The first-order chi connectivity index (χ1) is 7.92. The van der Waals surface area contributed by atoms with E-state index < -0.39 is 0 Å². The Labute approximate surface area is 95.8 Å². The summed E-state index contributed by atoms with van der Waals surface area (Å²) in [5, 5.41) is 11.3. The lowest BCUT2D eigenvalue weighted by Crippen LogP contribution is -2.35. The topological polar surface area (TPSA) is 46.0 Å². The first kappa shape index (κ1) is 10.2. The van der Waals surface area contributed by atoms with Crippen molar-refractivity contribution in [1.29, 1.82) is 0 Å². The fourth-order valence-electron chi connectivity index (χ4n) is 2.46. The highest BCUT2D eigenvalue weighted by Gasteiger charge is 2.33. The van der Waals surface area contributed by atoms with Gasteiger partial charge in [0.15, 0.2) is 0 Å². The van der Waals surface area contributed by atoms with Crippen molar-refractivity contribution in [1.82, 2.24) is 25.2 Å². The van der Waals surface area contributed by atoms with Crippen LogP contribution in [0, 0.1) is 0 Å². The van der Waals surface area contributed by atoms with Crippen LogP contribution in [0.2, 0.25) is 0 Å². The Balaban J connectivity index is 1.36. The van der Waals surface area contributed by atoms with Crippen molar-refractivity contribution in [2.24, 2.45) is 0 Å². The number of likely N-dealkylation sites (tertiary alicyclic amines) is 1. The molecule has 0 radical (unpaired) electrons. The van der Waals surface area contributed by atoms with Gasteiger partial charge in [0.25, 0.3) is 0 Å². The van der Waals surface area contributed by atoms with E-state index in [1.165, 1.54) is 32.4 Å².